The summed E-state index contributed by atoms with van der Waals surface area (Å²) in [5.74, 6) is -0.329. The number of fused-ring (bicyclic) bond motifs is 1. The number of nitrogens with zero attached hydrogens (tertiary/aromatic N) is 8. The van der Waals surface area contributed by atoms with E-state index < -0.39 is 24.1 Å². The van der Waals surface area contributed by atoms with Gasteiger partial charge in [-0.05, 0) is 80.1 Å². The molecule has 17 nitrogen and oxygen atoms in total. The second-order valence-corrected chi connectivity index (χ2v) is 17.1. The molecule has 0 bridgehead atoms. The molecule has 320 valence electrons. The molecule has 61 heavy (non-hydrogen) atoms. The summed E-state index contributed by atoms with van der Waals surface area (Å²) in [4.78, 5) is 65.0. The lowest BCUT2D eigenvalue weighted by atomic mass is 9.97. The summed E-state index contributed by atoms with van der Waals surface area (Å²) >= 11 is 0. The lowest BCUT2D eigenvalue weighted by Gasteiger charge is -2.38. The van der Waals surface area contributed by atoms with Crippen LogP contribution in [0.25, 0.3) is 16.8 Å². The second kappa shape index (κ2) is 17.4. The second-order valence-electron chi connectivity index (χ2n) is 17.1. The Bertz CT molecular complexity index is 2410. The SMILES string of the molecule is Cc1cc(-c2ncnn3cc(N4CCN(C(O)CCC5CCCN5C(=O)c5ccc(OC6CCC(=O)NC6=O)cc5)CC4)cc23)ccc1CNC(=O)c1noc(C(C)(C)C)n1. The van der Waals surface area contributed by atoms with Crippen molar-refractivity contribution in [3.05, 3.63) is 89.5 Å². The number of likely N-dealkylation sites (tertiary alicyclic amines) is 1. The molecule has 3 N–H and O–H groups in total. The van der Waals surface area contributed by atoms with Crippen LogP contribution in [0.2, 0.25) is 0 Å². The van der Waals surface area contributed by atoms with Crippen molar-refractivity contribution in [1.29, 1.82) is 0 Å². The number of aryl methyl sites for hydroxylation is 1. The summed E-state index contributed by atoms with van der Waals surface area (Å²) in [7, 11) is 0. The number of rotatable bonds is 12. The number of carbonyl (C=O) groups is 4. The number of nitrogens with one attached hydrogen (secondary N) is 2. The van der Waals surface area contributed by atoms with Gasteiger partial charge >= 0.3 is 0 Å². The fourth-order valence-corrected chi connectivity index (χ4v) is 8.23. The number of hydrogen-bond acceptors (Lipinski definition) is 13. The predicted molar refractivity (Wildman–Crippen MR) is 224 cm³/mol. The Labute approximate surface area is 353 Å². The predicted octanol–water partition coefficient (Wildman–Crippen LogP) is 4.02. The van der Waals surface area contributed by atoms with Gasteiger partial charge in [0.05, 0.1) is 23.1 Å². The Balaban J connectivity index is 0.824. The summed E-state index contributed by atoms with van der Waals surface area (Å²) in [5.41, 5.74) is 5.77. The van der Waals surface area contributed by atoms with E-state index in [1.807, 2.05) is 55.4 Å². The summed E-state index contributed by atoms with van der Waals surface area (Å²) in [6, 6.07) is 15.0. The van der Waals surface area contributed by atoms with Gasteiger partial charge in [-0.15, -0.1) is 0 Å². The Morgan fingerprint density at radius 2 is 1.82 bits per heavy atom. The first-order valence-corrected chi connectivity index (χ1v) is 20.9. The third-order valence-corrected chi connectivity index (χ3v) is 11.8. The molecule has 5 aromatic rings. The Hall–Kier alpha value is -6.20. The lowest BCUT2D eigenvalue weighted by molar-refractivity contribution is -0.138. The molecule has 3 saturated heterocycles. The molecular weight excluding hydrogens is 781 g/mol. The largest absolute Gasteiger partial charge is 0.481 e. The highest BCUT2D eigenvalue weighted by atomic mass is 16.5. The monoisotopic (exact) mass is 832 g/mol. The maximum absolute atomic E-state index is 13.5. The number of piperazine rings is 1. The molecule has 3 fully saturated rings. The van der Waals surface area contributed by atoms with E-state index in [0.29, 0.717) is 62.6 Å². The van der Waals surface area contributed by atoms with Crippen LogP contribution in [-0.4, -0.2) is 114 Å². The summed E-state index contributed by atoms with van der Waals surface area (Å²) in [6.07, 6.45) is 5.81. The van der Waals surface area contributed by atoms with Crippen LogP contribution in [-0.2, 0) is 21.5 Å². The number of amides is 4. The van der Waals surface area contributed by atoms with Gasteiger partial charge in [-0.1, -0.05) is 38.1 Å². The average molecular weight is 833 g/mol. The van der Waals surface area contributed by atoms with Crippen LogP contribution < -0.4 is 20.3 Å². The molecule has 3 atom stereocenters. The number of anilines is 1. The molecule has 0 radical (unpaired) electrons. The number of aliphatic hydroxyl groups excluding tert-OH is 1. The highest BCUT2D eigenvalue weighted by Crippen LogP contribution is 2.30. The zero-order valence-electron chi connectivity index (χ0n) is 35.0. The van der Waals surface area contributed by atoms with E-state index in [4.69, 9.17) is 9.26 Å². The van der Waals surface area contributed by atoms with Crippen LogP contribution >= 0.6 is 0 Å². The van der Waals surface area contributed by atoms with Gasteiger partial charge in [0.25, 0.3) is 23.5 Å². The molecular formula is C44H52N10O7. The smallest absolute Gasteiger partial charge is 0.292 e. The van der Waals surface area contributed by atoms with Gasteiger partial charge in [0.1, 0.15) is 18.3 Å². The molecule has 4 amide bonds. The zero-order chi connectivity index (χ0) is 42.8. The minimum atomic E-state index is -0.737. The van der Waals surface area contributed by atoms with E-state index in [-0.39, 0.29) is 35.5 Å². The van der Waals surface area contributed by atoms with Gasteiger partial charge in [0.15, 0.2) is 6.10 Å². The molecule has 6 heterocycles. The number of imide groups is 1. The third-order valence-electron chi connectivity index (χ3n) is 11.8. The van der Waals surface area contributed by atoms with E-state index in [0.717, 1.165) is 59.5 Å². The van der Waals surface area contributed by atoms with E-state index in [1.165, 1.54) is 0 Å². The number of benzene rings is 2. The van der Waals surface area contributed by atoms with Gasteiger partial charge in [0, 0.05) is 74.7 Å². The van der Waals surface area contributed by atoms with E-state index in [2.05, 4.69) is 52.8 Å². The van der Waals surface area contributed by atoms with E-state index in [1.54, 1.807) is 30.6 Å². The van der Waals surface area contributed by atoms with Crippen LogP contribution in [0.1, 0.15) is 97.3 Å². The Morgan fingerprint density at radius 1 is 1.03 bits per heavy atom. The standard InChI is InChI=1S/C44H52N10O7/c1-27-22-29(7-8-30(27)24-45-41(58)39-49-43(61-50-39)44(2,3)4)38-34-23-32(25-54(34)47-26-46-38)51-18-20-52(21-19-51)37(56)16-11-31-6-5-17-53(31)42(59)28-9-12-33(13-10-28)60-35-14-15-36(55)48-40(35)57/h7-10,12-13,22-23,25-26,31,35,37,56H,5-6,11,14-21,24H2,1-4H3,(H,45,58)(H,48,55,57). The highest BCUT2D eigenvalue weighted by molar-refractivity contribution is 6.00. The fraction of sp³-hybridized carbons (Fsp3) is 0.455. The summed E-state index contributed by atoms with van der Waals surface area (Å²) < 4.78 is 12.9. The first-order chi connectivity index (χ1) is 29.3. The zero-order valence-corrected chi connectivity index (χ0v) is 35.0. The molecule has 2 aromatic carbocycles. The van der Waals surface area contributed by atoms with Crippen molar-refractivity contribution >= 4 is 34.8 Å². The van der Waals surface area contributed by atoms with Crippen LogP contribution in [0.5, 0.6) is 5.75 Å². The van der Waals surface area contributed by atoms with Gasteiger partial charge in [0.2, 0.25) is 11.8 Å². The number of aliphatic hydroxyl groups is 1. The normalized spacial score (nSPS) is 19.3. The Morgan fingerprint density at radius 3 is 2.54 bits per heavy atom. The van der Waals surface area contributed by atoms with Crippen molar-refractivity contribution < 1.29 is 33.5 Å². The minimum absolute atomic E-state index is 0.00846. The quantitative estimate of drug-likeness (QED) is 0.153. The molecule has 3 aromatic heterocycles. The number of aromatic nitrogens is 5. The molecule has 0 saturated carbocycles. The summed E-state index contributed by atoms with van der Waals surface area (Å²) in [5, 5.41) is 24.8. The first-order valence-electron chi connectivity index (χ1n) is 20.9. The molecule has 3 aliphatic rings. The van der Waals surface area contributed by atoms with Gasteiger partial charge in [-0.25, -0.2) is 9.50 Å². The van der Waals surface area contributed by atoms with Crippen molar-refractivity contribution in [1.82, 2.24) is 45.2 Å². The molecule has 8 rings (SSSR count). The van der Waals surface area contributed by atoms with Gasteiger partial charge in [-0.3, -0.25) is 29.4 Å². The van der Waals surface area contributed by atoms with Crippen molar-refractivity contribution in [2.24, 2.45) is 0 Å². The minimum Gasteiger partial charge on any atom is -0.481 e. The maximum Gasteiger partial charge on any atom is 0.292 e. The van der Waals surface area contributed by atoms with Crippen molar-refractivity contribution in [2.75, 3.05) is 37.6 Å². The third kappa shape index (κ3) is 9.27. The molecule has 17 heteroatoms. The van der Waals surface area contributed by atoms with Crippen molar-refractivity contribution in [2.45, 2.75) is 96.6 Å². The Kier molecular flexibility index (Phi) is 11.9. The van der Waals surface area contributed by atoms with Crippen LogP contribution in [0, 0.1) is 6.92 Å². The number of hydrogen-bond donors (Lipinski definition) is 3. The van der Waals surface area contributed by atoms with E-state index in [9.17, 15) is 24.3 Å². The topological polar surface area (TPSA) is 201 Å². The van der Waals surface area contributed by atoms with Gasteiger partial charge < -0.3 is 29.5 Å². The summed E-state index contributed by atoms with van der Waals surface area (Å²) in [6.45, 7) is 11.6. The molecule has 0 spiro atoms. The molecule has 3 unspecified atom stereocenters. The van der Waals surface area contributed by atoms with Crippen molar-refractivity contribution in [3.8, 4) is 17.0 Å². The number of ether oxygens (including phenoxy) is 1. The van der Waals surface area contributed by atoms with Crippen molar-refractivity contribution in [3.63, 3.8) is 0 Å². The van der Waals surface area contributed by atoms with Crippen LogP contribution in [0.4, 0.5) is 5.69 Å². The maximum atomic E-state index is 13.5. The highest BCUT2D eigenvalue weighted by Gasteiger charge is 2.32. The average Bonchev–Trinajstić information content (AvgIpc) is 4.04. The van der Waals surface area contributed by atoms with E-state index >= 15 is 0 Å². The first kappa shape index (κ1) is 41.5. The molecule has 3 aliphatic heterocycles. The fourth-order valence-electron chi connectivity index (χ4n) is 8.23. The number of piperidine rings is 1. The van der Waals surface area contributed by atoms with Gasteiger partial charge in [-0.2, -0.15) is 10.1 Å². The number of carbonyl (C=O) groups excluding carboxylic acids is 4. The van der Waals surface area contributed by atoms with Crippen LogP contribution in [0.15, 0.2) is 65.6 Å². The lowest BCUT2D eigenvalue weighted by Crippen LogP contribution is -2.50. The molecule has 0 aliphatic carbocycles. The van der Waals surface area contributed by atoms with Crippen LogP contribution in [0.3, 0.4) is 0 Å².